The molecule has 0 atom stereocenters. The maximum absolute atomic E-state index is 11.4. The van der Waals surface area contributed by atoms with Gasteiger partial charge in [-0.1, -0.05) is 30.3 Å². The van der Waals surface area contributed by atoms with Crippen LogP contribution in [0.15, 0.2) is 60.9 Å². The minimum absolute atomic E-state index is 0.303. The summed E-state index contributed by atoms with van der Waals surface area (Å²) in [5, 5.41) is 9.37. The third kappa shape index (κ3) is 2.31. The zero-order valence-electron chi connectivity index (χ0n) is 11.5. The third-order valence-corrected chi connectivity index (χ3v) is 3.45. The van der Waals surface area contributed by atoms with E-state index in [-0.39, 0.29) is 0 Å². The molecule has 2 aromatic heterocycles. The molecule has 0 aliphatic rings. The van der Waals surface area contributed by atoms with Crippen molar-refractivity contribution in [3.63, 3.8) is 0 Å². The van der Waals surface area contributed by atoms with E-state index >= 15 is 0 Å². The summed E-state index contributed by atoms with van der Waals surface area (Å²) in [6.07, 6.45) is 3.42. The van der Waals surface area contributed by atoms with Gasteiger partial charge in [0.25, 0.3) is 0 Å². The van der Waals surface area contributed by atoms with Crippen molar-refractivity contribution in [3.8, 4) is 16.9 Å². The average Bonchev–Trinajstić information content (AvgIpc) is 2.87. The van der Waals surface area contributed by atoms with Crippen LogP contribution >= 0.6 is 0 Å². The largest absolute Gasteiger partial charge is 0.478 e. The van der Waals surface area contributed by atoms with Crippen molar-refractivity contribution in [2.45, 2.75) is 6.92 Å². The summed E-state index contributed by atoms with van der Waals surface area (Å²) in [6, 6.07) is 15.2. The molecule has 0 amide bonds. The first kappa shape index (κ1) is 13.1. The van der Waals surface area contributed by atoms with E-state index in [0.717, 1.165) is 16.9 Å². The highest BCUT2D eigenvalue weighted by Crippen LogP contribution is 2.29. The van der Waals surface area contributed by atoms with Crippen molar-refractivity contribution in [2.24, 2.45) is 0 Å². The van der Waals surface area contributed by atoms with E-state index in [1.165, 1.54) is 0 Å². The molecule has 0 bridgehead atoms. The summed E-state index contributed by atoms with van der Waals surface area (Å²) in [5.74, 6) is -0.924. The van der Waals surface area contributed by atoms with Crippen molar-refractivity contribution in [3.05, 3.63) is 72.2 Å². The lowest BCUT2D eigenvalue weighted by atomic mass is 10.1. The first-order chi connectivity index (χ1) is 10.2. The van der Waals surface area contributed by atoms with Crippen LogP contribution in [0.2, 0.25) is 0 Å². The van der Waals surface area contributed by atoms with E-state index in [1.54, 1.807) is 18.5 Å². The van der Waals surface area contributed by atoms with Crippen LogP contribution in [0.4, 0.5) is 0 Å². The Morgan fingerprint density at radius 3 is 2.52 bits per heavy atom. The molecule has 2 heterocycles. The molecule has 0 unspecified atom stereocenters. The molecular weight excluding hydrogens is 264 g/mol. The monoisotopic (exact) mass is 278 g/mol. The molecule has 104 valence electrons. The van der Waals surface area contributed by atoms with Crippen LogP contribution in [0.5, 0.6) is 0 Å². The SMILES string of the molecule is Cc1c(C(=O)O)cc(-c2ccccc2)n1-c1cccnc1. The Labute approximate surface area is 122 Å². The van der Waals surface area contributed by atoms with Crippen LogP contribution in [0.25, 0.3) is 16.9 Å². The number of aromatic carboxylic acids is 1. The summed E-state index contributed by atoms with van der Waals surface area (Å²) in [4.78, 5) is 15.5. The van der Waals surface area contributed by atoms with Crippen LogP contribution in [-0.4, -0.2) is 20.6 Å². The van der Waals surface area contributed by atoms with Crippen molar-refractivity contribution in [1.82, 2.24) is 9.55 Å². The number of hydrogen-bond acceptors (Lipinski definition) is 2. The molecule has 0 aliphatic carbocycles. The van der Waals surface area contributed by atoms with Gasteiger partial charge in [-0.15, -0.1) is 0 Å². The van der Waals surface area contributed by atoms with Crippen LogP contribution in [-0.2, 0) is 0 Å². The number of rotatable bonds is 3. The first-order valence-corrected chi connectivity index (χ1v) is 6.60. The molecule has 0 saturated carbocycles. The van der Waals surface area contributed by atoms with Crippen molar-refractivity contribution < 1.29 is 9.90 Å². The number of nitrogens with zero attached hydrogens (tertiary/aromatic N) is 2. The molecule has 1 aromatic carbocycles. The van der Waals surface area contributed by atoms with Crippen LogP contribution < -0.4 is 0 Å². The second-order valence-corrected chi connectivity index (χ2v) is 4.75. The maximum Gasteiger partial charge on any atom is 0.337 e. The van der Waals surface area contributed by atoms with Gasteiger partial charge < -0.3 is 9.67 Å². The molecule has 4 heteroatoms. The Hall–Kier alpha value is -2.88. The number of carbonyl (C=O) groups is 1. The average molecular weight is 278 g/mol. The number of hydrogen-bond donors (Lipinski definition) is 1. The minimum Gasteiger partial charge on any atom is -0.478 e. The Bertz CT molecular complexity index is 777. The Morgan fingerprint density at radius 2 is 1.90 bits per heavy atom. The zero-order valence-corrected chi connectivity index (χ0v) is 11.5. The van der Waals surface area contributed by atoms with Gasteiger partial charge in [-0.25, -0.2) is 4.79 Å². The quantitative estimate of drug-likeness (QED) is 0.797. The lowest BCUT2D eigenvalue weighted by Crippen LogP contribution is -2.02. The van der Waals surface area contributed by atoms with Gasteiger partial charge in [-0.3, -0.25) is 4.98 Å². The fourth-order valence-corrected chi connectivity index (χ4v) is 2.46. The second kappa shape index (κ2) is 5.25. The molecule has 21 heavy (non-hydrogen) atoms. The minimum atomic E-state index is -0.924. The van der Waals surface area contributed by atoms with Gasteiger partial charge in [0.15, 0.2) is 0 Å². The molecule has 3 aromatic rings. The highest BCUT2D eigenvalue weighted by atomic mass is 16.4. The first-order valence-electron chi connectivity index (χ1n) is 6.60. The molecule has 0 radical (unpaired) electrons. The van der Waals surface area contributed by atoms with Gasteiger partial charge >= 0.3 is 5.97 Å². The number of pyridine rings is 1. The van der Waals surface area contributed by atoms with Gasteiger partial charge in [0.1, 0.15) is 0 Å². The van der Waals surface area contributed by atoms with E-state index in [9.17, 15) is 9.90 Å². The second-order valence-electron chi connectivity index (χ2n) is 4.75. The Kier molecular flexibility index (Phi) is 3.28. The van der Waals surface area contributed by atoms with E-state index in [1.807, 2.05) is 54.0 Å². The lowest BCUT2D eigenvalue weighted by Gasteiger charge is -2.11. The molecule has 4 nitrogen and oxygen atoms in total. The number of benzene rings is 1. The molecule has 3 rings (SSSR count). The fraction of sp³-hybridized carbons (Fsp3) is 0.0588. The molecule has 0 aliphatic heterocycles. The van der Waals surface area contributed by atoms with Crippen LogP contribution in [0.1, 0.15) is 16.1 Å². The van der Waals surface area contributed by atoms with Crippen LogP contribution in [0.3, 0.4) is 0 Å². The molecule has 0 fully saturated rings. The Balaban J connectivity index is 2.29. The van der Waals surface area contributed by atoms with Gasteiger partial charge in [0.2, 0.25) is 0 Å². The summed E-state index contributed by atoms with van der Waals surface area (Å²) < 4.78 is 1.92. The summed E-state index contributed by atoms with van der Waals surface area (Å²) in [6.45, 7) is 1.81. The van der Waals surface area contributed by atoms with Gasteiger partial charge in [-0.2, -0.15) is 0 Å². The van der Waals surface area contributed by atoms with Crippen molar-refractivity contribution in [2.75, 3.05) is 0 Å². The standard InChI is InChI=1S/C17H14N2O2/c1-12-15(17(20)21)10-16(13-6-3-2-4-7-13)19(12)14-8-5-9-18-11-14/h2-11H,1H3,(H,20,21). The van der Waals surface area contributed by atoms with E-state index in [0.29, 0.717) is 11.3 Å². The topological polar surface area (TPSA) is 55.1 Å². The molecule has 1 N–H and O–H groups in total. The maximum atomic E-state index is 11.4. The van der Waals surface area contributed by atoms with E-state index in [4.69, 9.17) is 0 Å². The van der Waals surface area contributed by atoms with Gasteiger partial charge in [0, 0.05) is 11.9 Å². The summed E-state index contributed by atoms with van der Waals surface area (Å²) in [5.41, 5.74) is 3.66. The molecular formula is C17H14N2O2. The highest BCUT2D eigenvalue weighted by Gasteiger charge is 2.18. The van der Waals surface area contributed by atoms with E-state index < -0.39 is 5.97 Å². The van der Waals surface area contributed by atoms with E-state index in [2.05, 4.69) is 4.98 Å². The zero-order chi connectivity index (χ0) is 14.8. The molecule has 0 spiro atoms. The number of carboxylic acids is 1. The van der Waals surface area contributed by atoms with Gasteiger partial charge in [0.05, 0.1) is 23.1 Å². The summed E-state index contributed by atoms with van der Waals surface area (Å²) >= 11 is 0. The van der Waals surface area contributed by atoms with Gasteiger partial charge in [-0.05, 0) is 30.7 Å². The normalized spacial score (nSPS) is 10.5. The number of aromatic nitrogens is 2. The third-order valence-electron chi connectivity index (χ3n) is 3.45. The molecule has 0 saturated heterocycles. The smallest absolute Gasteiger partial charge is 0.337 e. The predicted molar refractivity (Wildman–Crippen MR) is 80.7 cm³/mol. The summed E-state index contributed by atoms with van der Waals surface area (Å²) in [7, 11) is 0. The Morgan fingerprint density at radius 1 is 1.14 bits per heavy atom. The van der Waals surface area contributed by atoms with Crippen molar-refractivity contribution >= 4 is 5.97 Å². The lowest BCUT2D eigenvalue weighted by molar-refractivity contribution is 0.0696. The van der Waals surface area contributed by atoms with Crippen molar-refractivity contribution in [1.29, 1.82) is 0 Å². The van der Waals surface area contributed by atoms with Crippen LogP contribution in [0, 0.1) is 6.92 Å². The highest BCUT2D eigenvalue weighted by molar-refractivity contribution is 5.91. The fourth-order valence-electron chi connectivity index (χ4n) is 2.46. The predicted octanol–water partition coefficient (Wildman–Crippen LogP) is 3.55. The number of carboxylic acid groups (broad SMARTS) is 1.